The van der Waals surface area contributed by atoms with Crippen molar-refractivity contribution in [1.29, 1.82) is 5.41 Å². The first-order valence-corrected chi connectivity index (χ1v) is 4.49. The van der Waals surface area contributed by atoms with Crippen LogP contribution in [-0.4, -0.2) is 15.8 Å². The van der Waals surface area contributed by atoms with E-state index in [1.807, 2.05) is 12.1 Å². The maximum Gasteiger partial charge on any atom is 0.159 e. The van der Waals surface area contributed by atoms with Crippen LogP contribution in [0.15, 0.2) is 42.7 Å². The molecule has 0 spiro atoms. The summed E-state index contributed by atoms with van der Waals surface area (Å²) in [7, 11) is 0. The van der Waals surface area contributed by atoms with E-state index in [-0.39, 0.29) is 5.84 Å². The van der Waals surface area contributed by atoms with Gasteiger partial charge in [0.05, 0.1) is 0 Å². The average molecular weight is 198 g/mol. The van der Waals surface area contributed by atoms with E-state index in [0.29, 0.717) is 11.4 Å². The largest absolute Gasteiger partial charge is 0.384 e. The second-order valence-corrected chi connectivity index (χ2v) is 3.06. The molecule has 1 aromatic heterocycles. The number of hydrogen-bond acceptors (Lipinski definition) is 3. The average Bonchev–Trinajstić information content (AvgIpc) is 2.30. The summed E-state index contributed by atoms with van der Waals surface area (Å²) in [5.74, 6) is 0.739. The zero-order valence-corrected chi connectivity index (χ0v) is 8.01. The van der Waals surface area contributed by atoms with Gasteiger partial charge in [-0.1, -0.05) is 24.3 Å². The van der Waals surface area contributed by atoms with Crippen molar-refractivity contribution in [2.24, 2.45) is 5.73 Å². The second-order valence-electron chi connectivity index (χ2n) is 3.06. The monoisotopic (exact) mass is 198 g/mol. The van der Waals surface area contributed by atoms with Gasteiger partial charge in [-0.3, -0.25) is 5.41 Å². The maximum atomic E-state index is 7.26. The predicted molar refractivity (Wildman–Crippen MR) is 58.5 cm³/mol. The molecule has 0 amide bonds. The van der Waals surface area contributed by atoms with Crippen molar-refractivity contribution >= 4 is 5.84 Å². The predicted octanol–water partition coefficient (Wildman–Crippen LogP) is 1.43. The molecule has 2 rings (SSSR count). The molecule has 4 nitrogen and oxygen atoms in total. The van der Waals surface area contributed by atoms with Gasteiger partial charge in [0, 0.05) is 23.5 Å². The number of nitrogen functional groups attached to an aromatic ring is 1. The third-order valence-corrected chi connectivity index (χ3v) is 2.02. The van der Waals surface area contributed by atoms with E-state index in [4.69, 9.17) is 11.1 Å². The van der Waals surface area contributed by atoms with Gasteiger partial charge in [-0.2, -0.15) is 0 Å². The molecule has 0 saturated carbocycles. The standard InChI is InChI=1S/C11H10N4/c12-10(13)8-2-4-9(5-3-8)11-14-6-1-7-15-11/h1-7H,(H3,12,13). The Kier molecular flexibility index (Phi) is 2.41. The molecule has 15 heavy (non-hydrogen) atoms. The molecule has 0 aliphatic rings. The number of rotatable bonds is 2. The zero-order valence-electron chi connectivity index (χ0n) is 8.01. The first-order chi connectivity index (χ1) is 7.27. The molecular weight excluding hydrogens is 188 g/mol. The van der Waals surface area contributed by atoms with Crippen molar-refractivity contribution in [3.05, 3.63) is 48.3 Å². The van der Waals surface area contributed by atoms with Crippen molar-refractivity contribution in [1.82, 2.24) is 9.97 Å². The van der Waals surface area contributed by atoms with Crippen LogP contribution in [0.2, 0.25) is 0 Å². The van der Waals surface area contributed by atoms with Gasteiger partial charge < -0.3 is 5.73 Å². The molecule has 4 heteroatoms. The highest BCUT2D eigenvalue weighted by Crippen LogP contribution is 2.14. The molecule has 0 radical (unpaired) electrons. The van der Waals surface area contributed by atoms with Gasteiger partial charge in [-0.05, 0) is 6.07 Å². The number of nitrogens with two attached hydrogens (primary N) is 1. The summed E-state index contributed by atoms with van der Waals surface area (Å²) in [5, 5.41) is 7.26. The molecule has 0 bridgehead atoms. The second kappa shape index (κ2) is 3.88. The minimum Gasteiger partial charge on any atom is -0.384 e. The molecule has 1 aromatic carbocycles. The number of hydrogen-bond donors (Lipinski definition) is 2. The number of benzene rings is 1. The van der Waals surface area contributed by atoms with Crippen LogP contribution in [0.5, 0.6) is 0 Å². The van der Waals surface area contributed by atoms with Crippen molar-refractivity contribution in [2.45, 2.75) is 0 Å². The van der Waals surface area contributed by atoms with E-state index in [0.717, 1.165) is 5.56 Å². The van der Waals surface area contributed by atoms with Gasteiger partial charge in [0.15, 0.2) is 5.82 Å². The molecule has 0 unspecified atom stereocenters. The lowest BCUT2D eigenvalue weighted by atomic mass is 10.1. The van der Waals surface area contributed by atoms with Crippen LogP contribution < -0.4 is 5.73 Å². The highest BCUT2D eigenvalue weighted by Gasteiger charge is 2.00. The van der Waals surface area contributed by atoms with E-state index >= 15 is 0 Å². The number of nitrogens with zero attached hydrogens (tertiary/aromatic N) is 2. The summed E-state index contributed by atoms with van der Waals surface area (Å²) < 4.78 is 0. The van der Waals surface area contributed by atoms with Crippen LogP contribution in [0.1, 0.15) is 5.56 Å². The molecule has 0 aliphatic carbocycles. The molecule has 1 heterocycles. The third kappa shape index (κ3) is 1.99. The Bertz CT molecular complexity index is 462. The summed E-state index contributed by atoms with van der Waals surface area (Å²) >= 11 is 0. The number of nitrogens with one attached hydrogen (secondary N) is 1. The Morgan fingerprint density at radius 3 is 2.20 bits per heavy atom. The van der Waals surface area contributed by atoms with E-state index in [1.54, 1.807) is 30.6 Å². The lowest BCUT2D eigenvalue weighted by molar-refractivity contribution is 1.18. The van der Waals surface area contributed by atoms with Crippen molar-refractivity contribution in [3.63, 3.8) is 0 Å². The Hall–Kier alpha value is -2.23. The Balaban J connectivity index is 2.36. The molecule has 74 valence electrons. The van der Waals surface area contributed by atoms with Gasteiger partial charge in [0.25, 0.3) is 0 Å². The van der Waals surface area contributed by atoms with E-state index in [2.05, 4.69) is 9.97 Å². The number of aromatic nitrogens is 2. The Morgan fingerprint density at radius 1 is 1.07 bits per heavy atom. The molecular formula is C11H10N4. The van der Waals surface area contributed by atoms with Crippen LogP contribution in [-0.2, 0) is 0 Å². The van der Waals surface area contributed by atoms with Crippen molar-refractivity contribution in [2.75, 3.05) is 0 Å². The molecule has 0 aliphatic heterocycles. The minimum absolute atomic E-state index is 0.0653. The summed E-state index contributed by atoms with van der Waals surface area (Å²) in [6.45, 7) is 0. The maximum absolute atomic E-state index is 7.26. The molecule has 0 atom stereocenters. The van der Waals surface area contributed by atoms with Gasteiger partial charge in [0.2, 0.25) is 0 Å². The van der Waals surface area contributed by atoms with Crippen LogP contribution in [0, 0.1) is 5.41 Å². The highest BCUT2D eigenvalue weighted by molar-refractivity contribution is 5.95. The van der Waals surface area contributed by atoms with Crippen LogP contribution in [0.3, 0.4) is 0 Å². The van der Waals surface area contributed by atoms with Gasteiger partial charge in [-0.25, -0.2) is 9.97 Å². The first kappa shape index (κ1) is 9.33. The van der Waals surface area contributed by atoms with Crippen LogP contribution >= 0.6 is 0 Å². The minimum atomic E-state index is 0.0653. The summed E-state index contributed by atoms with van der Waals surface area (Å²) in [5.41, 5.74) is 6.98. The fourth-order valence-corrected chi connectivity index (χ4v) is 1.25. The highest BCUT2D eigenvalue weighted by atomic mass is 14.8. The summed E-state index contributed by atoms with van der Waals surface area (Å²) in [6, 6.07) is 9.05. The quantitative estimate of drug-likeness (QED) is 0.566. The van der Waals surface area contributed by atoms with Crippen molar-refractivity contribution in [3.8, 4) is 11.4 Å². The lowest BCUT2D eigenvalue weighted by Crippen LogP contribution is -2.10. The van der Waals surface area contributed by atoms with Crippen molar-refractivity contribution < 1.29 is 0 Å². The van der Waals surface area contributed by atoms with Gasteiger partial charge in [-0.15, -0.1) is 0 Å². The molecule has 2 aromatic rings. The fraction of sp³-hybridized carbons (Fsp3) is 0. The van der Waals surface area contributed by atoms with Crippen LogP contribution in [0.25, 0.3) is 11.4 Å². The molecule has 0 fully saturated rings. The van der Waals surface area contributed by atoms with Gasteiger partial charge >= 0.3 is 0 Å². The Morgan fingerprint density at radius 2 is 1.67 bits per heavy atom. The lowest BCUT2D eigenvalue weighted by Gasteiger charge is -2.01. The first-order valence-electron chi connectivity index (χ1n) is 4.49. The van der Waals surface area contributed by atoms with E-state index < -0.39 is 0 Å². The SMILES string of the molecule is N=C(N)c1ccc(-c2ncccn2)cc1. The summed E-state index contributed by atoms with van der Waals surface area (Å²) in [4.78, 5) is 8.25. The summed E-state index contributed by atoms with van der Waals surface area (Å²) in [6.07, 6.45) is 3.39. The van der Waals surface area contributed by atoms with E-state index in [1.165, 1.54) is 0 Å². The van der Waals surface area contributed by atoms with Gasteiger partial charge in [0.1, 0.15) is 5.84 Å². The fourth-order valence-electron chi connectivity index (χ4n) is 1.25. The molecule has 0 saturated heterocycles. The van der Waals surface area contributed by atoms with E-state index in [9.17, 15) is 0 Å². The number of amidine groups is 1. The molecule has 3 N–H and O–H groups in total. The topological polar surface area (TPSA) is 75.7 Å². The third-order valence-electron chi connectivity index (χ3n) is 2.02. The van der Waals surface area contributed by atoms with Crippen LogP contribution in [0.4, 0.5) is 0 Å². The normalized spacial score (nSPS) is 9.87. The Labute approximate surface area is 87.3 Å². The smallest absolute Gasteiger partial charge is 0.159 e. The zero-order chi connectivity index (χ0) is 10.7.